The number of carboxylic acid groups (broad SMARTS) is 1. The number of ketones is 2. The number of rotatable bonds is 10. The number of anilines is 1. The van der Waals surface area contributed by atoms with E-state index in [4.69, 9.17) is 20.5 Å². The fourth-order valence-corrected chi connectivity index (χ4v) is 3.72. The van der Waals surface area contributed by atoms with Crippen LogP contribution in [0.2, 0.25) is 0 Å². The van der Waals surface area contributed by atoms with Crippen LogP contribution in [0.3, 0.4) is 0 Å². The molecule has 0 bridgehead atoms. The number of aromatic nitrogens is 1. The van der Waals surface area contributed by atoms with Crippen LogP contribution in [0, 0.1) is 5.92 Å². The van der Waals surface area contributed by atoms with Gasteiger partial charge in [-0.05, 0) is 33.6 Å². The van der Waals surface area contributed by atoms with Crippen molar-refractivity contribution in [1.82, 2.24) is 10.0 Å². The molecule has 1 atom stereocenters. The van der Waals surface area contributed by atoms with Gasteiger partial charge in [-0.15, -0.1) is 11.3 Å². The lowest BCUT2D eigenvalue weighted by Gasteiger charge is -2.53. The monoisotopic (exact) mass is 438 g/mol. The van der Waals surface area contributed by atoms with E-state index < -0.39 is 41.3 Å². The number of aliphatic carboxylic acids is 1. The van der Waals surface area contributed by atoms with Crippen molar-refractivity contribution in [3.63, 3.8) is 0 Å². The number of carboxylic acids is 1. The van der Waals surface area contributed by atoms with E-state index in [1.165, 1.54) is 12.3 Å². The van der Waals surface area contributed by atoms with Crippen molar-refractivity contribution in [1.29, 1.82) is 0 Å². The van der Waals surface area contributed by atoms with E-state index in [9.17, 15) is 19.2 Å². The zero-order valence-electron chi connectivity index (χ0n) is 16.7. The molecule has 1 aliphatic carbocycles. The van der Waals surface area contributed by atoms with Gasteiger partial charge in [0, 0.05) is 11.8 Å². The van der Waals surface area contributed by atoms with Crippen molar-refractivity contribution < 1.29 is 34.0 Å². The number of carbonyl (C=O) groups excluding carboxylic acids is 3. The molecule has 0 aromatic carbocycles. The Morgan fingerprint density at radius 2 is 2.07 bits per heavy atom. The van der Waals surface area contributed by atoms with Crippen LogP contribution in [0.4, 0.5) is 5.13 Å². The van der Waals surface area contributed by atoms with Crippen LogP contribution in [0.1, 0.15) is 45.7 Å². The highest BCUT2D eigenvalue weighted by molar-refractivity contribution is 7.13. The summed E-state index contributed by atoms with van der Waals surface area (Å²) in [5.74, 6) is -3.08. The van der Waals surface area contributed by atoms with E-state index in [0.29, 0.717) is 12.8 Å². The molecule has 0 spiro atoms. The molecule has 30 heavy (non-hydrogen) atoms. The number of Topliss-reactive ketones (excluding diaryl/α,β-unsaturated/α-hetero) is 2. The van der Waals surface area contributed by atoms with Crippen LogP contribution < -0.4 is 5.73 Å². The van der Waals surface area contributed by atoms with E-state index in [2.05, 4.69) is 10.1 Å². The first-order valence-electron chi connectivity index (χ1n) is 9.18. The lowest BCUT2D eigenvalue weighted by Crippen LogP contribution is -2.69. The average molecular weight is 438 g/mol. The smallest absolute Gasteiger partial charge is 0.344 e. The maximum absolute atomic E-state index is 12.9. The van der Waals surface area contributed by atoms with Crippen molar-refractivity contribution in [2.75, 3.05) is 12.3 Å². The highest BCUT2D eigenvalue weighted by Gasteiger charge is 2.61. The Morgan fingerprint density at radius 3 is 2.53 bits per heavy atom. The molecular formula is C18H22N4O7S. The molecular weight excluding hydrogens is 416 g/mol. The number of nitrogens with two attached hydrogens (primary N) is 1. The number of hydrogen-bond donors (Lipinski definition) is 2. The third kappa shape index (κ3) is 4.05. The highest BCUT2D eigenvalue weighted by Crippen LogP contribution is 2.48. The molecule has 2 aliphatic rings. The van der Waals surface area contributed by atoms with Crippen molar-refractivity contribution in [3.8, 4) is 0 Å². The van der Waals surface area contributed by atoms with Gasteiger partial charge in [0.1, 0.15) is 5.69 Å². The van der Waals surface area contributed by atoms with Gasteiger partial charge in [-0.25, -0.2) is 14.8 Å². The summed E-state index contributed by atoms with van der Waals surface area (Å²) in [5.41, 5.74) is 3.76. The lowest BCUT2D eigenvalue weighted by atomic mass is 9.74. The zero-order valence-corrected chi connectivity index (χ0v) is 17.5. The van der Waals surface area contributed by atoms with Crippen molar-refractivity contribution in [2.24, 2.45) is 11.1 Å². The number of thiazole rings is 1. The predicted molar refractivity (Wildman–Crippen MR) is 104 cm³/mol. The molecule has 2 heterocycles. The van der Waals surface area contributed by atoms with Gasteiger partial charge < -0.3 is 15.7 Å². The van der Waals surface area contributed by atoms with Crippen LogP contribution in [0.5, 0.6) is 0 Å². The number of carbonyl (C=O) groups is 4. The summed E-state index contributed by atoms with van der Waals surface area (Å²) in [6.45, 7) is 4.16. The molecule has 1 amide bonds. The second-order valence-electron chi connectivity index (χ2n) is 7.79. The Kier molecular flexibility index (Phi) is 5.65. The second-order valence-corrected chi connectivity index (χ2v) is 8.68. The minimum Gasteiger partial charge on any atom is -0.479 e. The largest absolute Gasteiger partial charge is 0.479 e. The first kappa shape index (κ1) is 21.8. The van der Waals surface area contributed by atoms with Gasteiger partial charge in [0.25, 0.3) is 5.91 Å². The number of hydroxylamine groups is 2. The highest BCUT2D eigenvalue weighted by atomic mass is 32.1. The average Bonchev–Trinajstić information content (AvgIpc) is 3.34. The topological polar surface area (TPSA) is 161 Å². The third-order valence-electron chi connectivity index (χ3n) is 5.25. The molecule has 1 saturated carbocycles. The molecule has 3 N–H and O–H groups in total. The van der Waals surface area contributed by atoms with Gasteiger partial charge in [-0.3, -0.25) is 19.2 Å². The van der Waals surface area contributed by atoms with Crippen molar-refractivity contribution in [2.45, 2.75) is 51.2 Å². The molecule has 1 aromatic rings. The second kappa shape index (κ2) is 7.76. The zero-order chi connectivity index (χ0) is 22.3. The van der Waals surface area contributed by atoms with Crippen LogP contribution in [0.25, 0.3) is 0 Å². The summed E-state index contributed by atoms with van der Waals surface area (Å²) in [6.07, 6.45) is 0.884. The van der Waals surface area contributed by atoms with Gasteiger partial charge in [0.15, 0.2) is 28.0 Å². The van der Waals surface area contributed by atoms with Gasteiger partial charge in [0.2, 0.25) is 6.61 Å². The normalized spacial score (nSPS) is 21.7. The Morgan fingerprint density at radius 1 is 1.40 bits per heavy atom. The van der Waals surface area contributed by atoms with Crippen LogP contribution in [0.15, 0.2) is 10.5 Å². The first-order chi connectivity index (χ1) is 14.0. The van der Waals surface area contributed by atoms with E-state index in [1.807, 2.05) is 0 Å². The number of nitrogens with zero attached hydrogens (tertiary/aromatic N) is 3. The maximum Gasteiger partial charge on any atom is 0.344 e. The molecule has 3 rings (SSSR count). The van der Waals surface area contributed by atoms with Crippen LogP contribution in [-0.2, 0) is 28.9 Å². The minimum absolute atomic E-state index is 0.138. The standard InChI is InChI=1S/C18H22N4O7S/c1-9(23)18(4-5-18)29-22-15(27)10(17(22,2)3)6-12(24)14(21-28-7-13(25)26)11-8-30-16(19)20-11/h8,10H,4-7H2,1-3H3,(H2,19,20)(H,25,26)/b21-14-/t10-/m1/s1. The van der Waals surface area contributed by atoms with E-state index in [1.54, 1.807) is 13.8 Å². The summed E-state index contributed by atoms with van der Waals surface area (Å²) in [5, 5.41) is 15.2. The minimum atomic E-state index is -1.26. The van der Waals surface area contributed by atoms with Gasteiger partial charge in [0.05, 0.1) is 11.5 Å². The molecule has 2 fully saturated rings. The van der Waals surface area contributed by atoms with E-state index in [0.717, 1.165) is 16.4 Å². The molecule has 11 nitrogen and oxygen atoms in total. The van der Waals surface area contributed by atoms with Gasteiger partial charge in [-0.1, -0.05) is 5.16 Å². The lowest BCUT2D eigenvalue weighted by molar-refractivity contribution is -0.287. The summed E-state index contributed by atoms with van der Waals surface area (Å²) in [7, 11) is 0. The number of β-lactam (4-membered cyclic amide) rings is 1. The Labute approximate surface area is 175 Å². The van der Waals surface area contributed by atoms with E-state index in [-0.39, 0.29) is 28.7 Å². The Bertz CT molecular complexity index is 935. The summed E-state index contributed by atoms with van der Waals surface area (Å²) < 4.78 is 0. The quantitative estimate of drug-likeness (QED) is 0.305. The molecule has 1 aliphatic heterocycles. The van der Waals surface area contributed by atoms with Crippen LogP contribution >= 0.6 is 11.3 Å². The summed E-state index contributed by atoms with van der Waals surface area (Å²) in [6, 6.07) is 0. The first-order valence-corrected chi connectivity index (χ1v) is 10.1. The van der Waals surface area contributed by atoms with Crippen LogP contribution in [-0.4, -0.2) is 62.1 Å². The number of amides is 1. The number of oxime groups is 1. The number of nitrogen functional groups attached to an aromatic ring is 1. The Hall–Kier alpha value is -2.86. The number of hydrogen-bond acceptors (Lipinski definition) is 10. The molecule has 1 saturated heterocycles. The molecule has 162 valence electrons. The third-order valence-corrected chi connectivity index (χ3v) is 5.92. The SMILES string of the molecule is CC(=O)C1(ON2C(=O)[C@@H](CC(=O)/C(=N\OCC(=O)O)c3csc(N)n3)C2(C)C)CC1. The fraction of sp³-hybridized carbons (Fsp3) is 0.556. The molecule has 12 heteroatoms. The summed E-state index contributed by atoms with van der Waals surface area (Å²) >= 11 is 1.08. The van der Waals surface area contributed by atoms with Crippen molar-refractivity contribution in [3.05, 3.63) is 11.1 Å². The van der Waals surface area contributed by atoms with Crippen molar-refractivity contribution >= 4 is 45.6 Å². The van der Waals surface area contributed by atoms with E-state index >= 15 is 0 Å². The van der Waals surface area contributed by atoms with Gasteiger partial charge in [-0.2, -0.15) is 0 Å². The maximum atomic E-state index is 12.9. The molecule has 0 radical (unpaired) electrons. The Balaban J connectivity index is 1.73. The predicted octanol–water partition coefficient (Wildman–Crippen LogP) is 0.780. The summed E-state index contributed by atoms with van der Waals surface area (Å²) in [4.78, 5) is 62.4. The molecule has 0 unspecified atom stereocenters. The fourth-order valence-electron chi connectivity index (χ4n) is 3.17. The van der Waals surface area contributed by atoms with Gasteiger partial charge >= 0.3 is 5.97 Å². The molecule has 1 aromatic heterocycles.